The quantitative estimate of drug-likeness (QED) is 0.484. The van der Waals surface area contributed by atoms with Crippen LogP contribution in [0.4, 0.5) is 4.79 Å². The molecule has 1 amide bonds. The van der Waals surface area contributed by atoms with Gasteiger partial charge < -0.3 is 15.0 Å². The number of likely N-dealkylation sites (tertiary alicyclic amines) is 1. The van der Waals surface area contributed by atoms with E-state index >= 15 is 0 Å². The molecule has 1 fully saturated rings. The molecule has 118 valence electrons. The Kier molecular flexibility index (Phi) is 10.1. The topological polar surface area (TPSA) is 41.6 Å². The van der Waals surface area contributed by atoms with Crippen molar-refractivity contribution in [2.24, 2.45) is 0 Å². The van der Waals surface area contributed by atoms with Gasteiger partial charge in [0, 0.05) is 24.5 Å². The molecule has 1 saturated heterocycles. The molecule has 1 N–H and O–H groups in total. The number of methoxy groups -OCH3 is 1. The minimum absolute atomic E-state index is 0.270. The Labute approximate surface area is 131 Å². The zero-order chi connectivity index (χ0) is 14.6. The minimum atomic E-state index is -0.305. The number of rotatable bonds is 10. The molecule has 0 aliphatic carbocycles. The van der Waals surface area contributed by atoms with Crippen molar-refractivity contribution in [3.63, 3.8) is 0 Å². The van der Waals surface area contributed by atoms with E-state index in [9.17, 15) is 4.79 Å². The molecule has 0 spiro atoms. The number of alkyl carbamates (subject to hydrolysis) is 1. The van der Waals surface area contributed by atoms with Crippen LogP contribution in [0.2, 0.25) is 0 Å². The van der Waals surface area contributed by atoms with Crippen molar-refractivity contribution >= 4 is 22.0 Å². The number of ether oxygens (including phenoxy) is 1. The summed E-state index contributed by atoms with van der Waals surface area (Å²) in [7, 11) is 1.42. The SMILES string of the molecule is COC(=O)NC1CCN(CCCCCCCCCBr)C1. The Hall–Kier alpha value is -0.290. The molecule has 0 bridgehead atoms. The van der Waals surface area contributed by atoms with Crippen LogP contribution in [-0.4, -0.2) is 49.1 Å². The summed E-state index contributed by atoms with van der Waals surface area (Å²) in [6.07, 6.45) is 10.1. The second-order valence-corrected chi connectivity index (χ2v) is 6.38. The summed E-state index contributed by atoms with van der Waals surface area (Å²) in [5, 5.41) is 4.02. The molecule has 0 aromatic rings. The van der Waals surface area contributed by atoms with Crippen molar-refractivity contribution in [2.45, 2.75) is 57.4 Å². The van der Waals surface area contributed by atoms with Crippen LogP contribution in [0.1, 0.15) is 51.4 Å². The van der Waals surface area contributed by atoms with Gasteiger partial charge in [-0.2, -0.15) is 0 Å². The number of carbonyl (C=O) groups is 1. The van der Waals surface area contributed by atoms with Gasteiger partial charge in [0.25, 0.3) is 0 Å². The molecule has 1 aliphatic heterocycles. The van der Waals surface area contributed by atoms with Crippen LogP contribution in [0.5, 0.6) is 0 Å². The van der Waals surface area contributed by atoms with Crippen LogP contribution in [0.15, 0.2) is 0 Å². The lowest BCUT2D eigenvalue weighted by molar-refractivity contribution is 0.166. The first-order valence-corrected chi connectivity index (χ1v) is 9.01. The van der Waals surface area contributed by atoms with E-state index < -0.39 is 0 Å². The molecule has 0 aromatic carbocycles. The molecule has 4 nitrogen and oxygen atoms in total. The van der Waals surface area contributed by atoms with Gasteiger partial charge in [0.05, 0.1) is 7.11 Å². The van der Waals surface area contributed by atoms with Gasteiger partial charge >= 0.3 is 6.09 Å². The Balaban J connectivity index is 1.92. The van der Waals surface area contributed by atoms with Crippen molar-refractivity contribution in [3.8, 4) is 0 Å². The van der Waals surface area contributed by atoms with E-state index in [2.05, 4.69) is 30.9 Å². The Morgan fingerprint density at radius 3 is 2.50 bits per heavy atom. The fraction of sp³-hybridized carbons (Fsp3) is 0.933. The number of amides is 1. The molecule has 1 heterocycles. The first-order chi connectivity index (χ1) is 9.76. The van der Waals surface area contributed by atoms with Crippen LogP contribution in [0, 0.1) is 0 Å². The summed E-state index contributed by atoms with van der Waals surface area (Å²) in [5.41, 5.74) is 0. The number of carbonyl (C=O) groups excluding carboxylic acids is 1. The van der Waals surface area contributed by atoms with E-state index in [1.165, 1.54) is 58.6 Å². The number of hydrogen-bond donors (Lipinski definition) is 1. The van der Waals surface area contributed by atoms with Crippen molar-refractivity contribution in [2.75, 3.05) is 32.1 Å². The van der Waals surface area contributed by atoms with Crippen LogP contribution in [0.3, 0.4) is 0 Å². The van der Waals surface area contributed by atoms with Gasteiger partial charge in [0.1, 0.15) is 0 Å². The predicted molar refractivity (Wildman–Crippen MR) is 86.5 cm³/mol. The second-order valence-electron chi connectivity index (χ2n) is 5.59. The van der Waals surface area contributed by atoms with Crippen molar-refractivity contribution in [1.82, 2.24) is 10.2 Å². The first-order valence-electron chi connectivity index (χ1n) is 7.89. The number of hydrogen-bond acceptors (Lipinski definition) is 3. The third-order valence-electron chi connectivity index (χ3n) is 3.89. The van der Waals surface area contributed by atoms with Gasteiger partial charge in [-0.15, -0.1) is 0 Å². The molecule has 1 rings (SSSR count). The number of unbranched alkanes of at least 4 members (excludes halogenated alkanes) is 6. The van der Waals surface area contributed by atoms with Crippen LogP contribution < -0.4 is 5.32 Å². The largest absolute Gasteiger partial charge is 0.453 e. The lowest BCUT2D eigenvalue weighted by Crippen LogP contribution is -2.37. The summed E-state index contributed by atoms with van der Waals surface area (Å²) in [6, 6.07) is 0.270. The van der Waals surface area contributed by atoms with Gasteiger partial charge in [-0.3, -0.25) is 0 Å². The van der Waals surface area contributed by atoms with E-state index in [-0.39, 0.29) is 12.1 Å². The lowest BCUT2D eigenvalue weighted by Gasteiger charge is -2.16. The Bertz CT molecular complexity index is 264. The highest BCUT2D eigenvalue weighted by Gasteiger charge is 2.23. The molecule has 1 unspecified atom stereocenters. The third kappa shape index (κ3) is 8.10. The zero-order valence-corrected chi connectivity index (χ0v) is 14.3. The molecular formula is C15H29BrN2O2. The fourth-order valence-electron chi connectivity index (χ4n) is 2.69. The molecule has 20 heavy (non-hydrogen) atoms. The highest BCUT2D eigenvalue weighted by molar-refractivity contribution is 9.09. The molecule has 5 heteroatoms. The molecular weight excluding hydrogens is 320 g/mol. The van der Waals surface area contributed by atoms with Crippen molar-refractivity contribution < 1.29 is 9.53 Å². The Morgan fingerprint density at radius 1 is 1.20 bits per heavy atom. The normalized spacial score (nSPS) is 19.2. The van der Waals surface area contributed by atoms with Crippen molar-refractivity contribution in [3.05, 3.63) is 0 Å². The average Bonchev–Trinajstić information content (AvgIpc) is 2.89. The number of alkyl halides is 1. The maximum absolute atomic E-state index is 11.1. The van der Waals surface area contributed by atoms with Gasteiger partial charge in [-0.25, -0.2) is 4.79 Å². The smallest absolute Gasteiger partial charge is 0.407 e. The lowest BCUT2D eigenvalue weighted by atomic mass is 10.1. The van der Waals surface area contributed by atoms with Gasteiger partial charge in [0.2, 0.25) is 0 Å². The maximum Gasteiger partial charge on any atom is 0.407 e. The van der Waals surface area contributed by atoms with Gasteiger partial charge in [0.15, 0.2) is 0 Å². The number of halogens is 1. The van der Waals surface area contributed by atoms with E-state index in [0.717, 1.165) is 24.8 Å². The minimum Gasteiger partial charge on any atom is -0.453 e. The van der Waals surface area contributed by atoms with E-state index in [1.807, 2.05) is 0 Å². The average molecular weight is 349 g/mol. The second kappa shape index (κ2) is 11.4. The van der Waals surface area contributed by atoms with Crippen LogP contribution >= 0.6 is 15.9 Å². The summed E-state index contributed by atoms with van der Waals surface area (Å²) in [4.78, 5) is 13.6. The number of nitrogens with one attached hydrogen (secondary N) is 1. The van der Waals surface area contributed by atoms with Crippen LogP contribution in [0.25, 0.3) is 0 Å². The molecule has 0 radical (unpaired) electrons. The Morgan fingerprint density at radius 2 is 1.85 bits per heavy atom. The standard InChI is InChI=1S/C15H29BrN2O2/c1-20-15(19)17-14-9-12-18(13-14)11-8-6-4-2-3-5-7-10-16/h14H,2-13H2,1H3,(H,17,19). The molecule has 1 aliphatic rings. The monoisotopic (exact) mass is 348 g/mol. The van der Waals surface area contributed by atoms with E-state index in [4.69, 9.17) is 0 Å². The molecule has 0 saturated carbocycles. The maximum atomic E-state index is 11.1. The summed E-state index contributed by atoms with van der Waals surface area (Å²) < 4.78 is 4.63. The van der Waals surface area contributed by atoms with E-state index in [1.54, 1.807) is 0 Å². The molecule has 0 aromatic heterocycles. The number of nitrogens with zero attached hydrogens (tertiary/aromatic N) is 1. The summed E-state index contributed by atoms with van der Waals surface area (Å²) in [6.45, 7) is 3.24. The van der Waals surface area contributed by atoms with E-state index in [0.29, 0.717) is 0 Å². The zero-order valence-electron chi connectivity index (χ0n) is 12.7. The predicted octanol–water partition coefficient (Wildman–Crippen LogP) is 3.54. The fourth-order valence-corrected chi connectivity index (χ4v) is 3.09. The van der Waals surface area contributed by atoms with Crippen LogP contribution in [-0.2, 0) is 4.74 Å². The highest BCUT2D eigenvalue weighted by atomic mass is 79.9. The van der Waals surface area contributed by atoms with Crippen molar-refractivity contribution in [1.29, 1.82) is 0 Å². The summed E-state index contributed by atoms with van der Waals surface area (Å²) in [5.74, 6) is 0. The summed E-state index contributed by atoms with van der Waals surface area (Å²) >= 11 is 3.47. The first kappa shape index (κ1) is 17.8. The molecule has 1 atom stereocenters. The third-order valence-corrected chi connectivity index (χ3v) is 4.45. The van der Waals surface area contributed by atoms with Gasteiger partial charge in [-0.05, 0) is 25.8 Å². The highest BCUT2D eigenvalue weighted by Crippen LogP contribution is 2.12. The van der Waals surface area contributed by atoms with Gasteiger partial charge in [-0.1, -0.05) is 48.0 Å².